The summed E-state index contributed by atoms with van der Waals surface area (Å²) < 4.78 is 24.1. The zero-order chi connectivity index (χ0) is 17.5. The molecule has 1 saturated heterocycles. The monoisotopic (exact) mass is 340 g/mol. The topological polar surface area (TPSA) is 71.0 Å². The number of urea groups is 1. The SMILES string of the molecule is COCCOc1ccc(NC(=O)N2CC(CO)CCC2C)cc1F. The Morgan fingerprint density at radius 2 is 2.21 bits per heavy atom. The Kier molecular flexibility index (Phi) is 6.81. The van der Waals surface area contributed by atoms with Gasteiger partial charge in [-0.1, -0.05) is 0 Å². The first kappa shape index (κ1) is 18.5. The number of piperidine rings is 1. The van der Waals surface area contributed by atoms with Crippen LogP contribution in [0.2, 0.25) is 0 Å². The van der Waals surface area contributed by atoms with Gasteiger partial charge < -0.3 is 24.8 Å². The lowest BCUT2D eigenvalue weighted by molar-refractivity contribution is 0.107. The molecule has 1 fully saturated rings. The van der Waals surface area contributed by atoms with Gasteiger partial charge in [0.05, 0.1) is 6.61 Å². The molecule has 0 saturated carbocycles. The van der Waals surface area contributed by atoms with E-state index in [1.54, 1.807) is 18.1 Å². The highest BCUT2D eigenvalue weighted by Crippen LogP contribution is 2.24. The first-order chi connectivity index (χ1) is 11.5. The minimum Gasteiger partial charge on any atom is -0.488 e. The summed E-state index contributed by atoms with van der Waals surface area (Å²) in [6.07, 6.45) is 1.75. The Morgan fingerprint density at radius 1 is 1.42 bits per heavy atom. The summed E-state index contributed by atoms with van der Waals surface area (Å²) in [6, 6.07) is 4.12. The number of ether oxygens (including phenoxy) is 2. The molecule has 1 aromatic carbocycles. The van der Waals surface area contributed by atoms with Crippen LogP contribution in [0.1, 0.15) is 19.8 Å². The summed E-state index contributed by atoms with van der Waals surface area (Å²) in [4.78, 5) is 14.1. The maximum atomic E-state index is 14.0. The zero-order valence-electron chi connectivity index (χ0n) is 14.1. The lowest BCUT2D eigenvalue weighted by Crippen LogP contribution is -2.48. The Balaban J connectivity index is 1.97. The normalized spacial score (nSPS) is 20.8. The van der Waals surface area contributed by atoms with Gasteiger partial charge in [-0.3, -0.25) is 0 Å². The third kappa shape index (κ3) is 4.82. The molecule has 2 N–H and O–H groups in total. The van der Waals surface area contributed by atoms with Crippen molar-refractivity contribution in [1.82, 2.24) is 4.90 Å². The number of halogens is 1. The average molecular weight is 340 g/mol. The van der Waals surface area contributed by atoms with Crippen molar-refractivity contribution < 1.29 is 23.8 Å². The lowest BCUT2D eigenvalue weighted by atomic mass is 9.94. The van der Waals surface area contributed by atoms with E-state index >= 15 is 0 Å². The van der Waals surface area contributed by atoms with Crippen LogP contribution in [0.15, 0.2) is 18.2 Å². The van der Waals surface area contributed by atoms with Crippen molar-refractivity contribution in [3.63, 3.8) is 0 Å². The van der Waals surface area contributed by atoms with Gasteiger partial charge >= 0.3 is 6.03 Å². The Morgan fingerprint density at radius 3 is 2.88 bits per heavy atom. The fraction of sp³-hybridized carbons (Fsp3) is 0.588. The summed E-state index contributed by atoms with van der Waals surface area (Å²) in [5.41, 5.74) is 0.370. The van der Waals surface area contributed by atoms with Gasteiger partial charge in [-0.05, 0) is 37.8 Å². The summed E-state index contributed by atoms with van der Waals surface area (Å²) in [5.74, 6) is -0.319. The Bertz CT molecular complexity index is 555. The number of benzene rings is 1. The van der Waals surface area contributed by atoms with Crippen LogP contribution in [0.3, 0.4) is 0 Å². The molecule has 2 amide bonds. The number of aliphatic hydroxyl groups is 1. The second-order valence-corrected chi connectivity index (χ2v) is 6.04. The van der Waals surface area contributed by atoms with E-state index in [1.165, 1.54) is 12.1 Å². The number of hydrogen-bond donors (Lipinski definition) is 2. The number of amides is 2. The maximum Gasteiger partial charge on any atom is 0.322 e. The molecular weight excluding hydrogens is 315 g/mol. The minimum atomic E-state index is -0.538. The van der Waals surface area contributed by atoms with Gasteiger partial charge in [0.2, 0.25) is 0 Å². The van der Waals surface area contributed by atoms with E-state index in [4.69, 9.17) is 9.47 Å². The van der Waals surface area contributed by atoms with Crippen LogP contribution in [-0.4, -0.2) is 55.6 Å². The van der Waals surface area contributed by atoms with Gasteiger partial charge in [0, 0.05) is 38.1 Å². The van der Waals surface area contributed by atoms with Gasteiger partial charge in [-0.15, -0.1) is 0 Å². The van der Waals surface area contributed by atoms with Gasteiger partial charge in [0.15, 0.2) is 11.6 Å². The number of methoxy groups -OCH3 is 1. The molecule has 2 rings (SSSR count). The van der Waals surface area contributed by atoms with Gasteiger partial charge in [-0.25, -0.2) is 9.18 Å². The van der Waals surface area contributed by atoms with Gasteiger partial charge in [0.25, 0.3) is 0 Å². The van der Waals surface area contributed by atoms with E-state index < -0.39 is 5.82 Å². The number of aliphatic hydroxyl groups excluding tert-OH is 1. The van der Waals surface area contributed by atoms with Crippen molar-refractivity contribution in [1.29, 1.82) is 0 Å². The smallest absolute Gasteiger partial charge is 0.322 e. The molecule has 1 aliphatic rings. The zero-order valence-corrected chi connectivity index (χ0v) is 14.1. The summed E-state index contributed by atoms with van der Waals surface area (Å²) in [5, 5.41) is 12.0. The molecule has 2 atom stereocenters. The predicted molar refractivity (Wildman–Crippen MR) is 88.8 cm³/mol. The van der Waals surface area contributed by atoms with Crippen molar-refractivity contribution in [3.8, 4) is 5.75 Å². The number of anilines is 1. The Labute approximate surface area is 141 Å². The Hall–Kier alpha value is -1.86. The van der Waals surface area contributed by atoms with Crippen LogP contribution in [0.25, 0.3) is 0 Å². The number of carbonyl (C=O) groups is 1. The number of carbonyl (C=O) groups excluding carboxylic acids is 1. The molecule has 1 heterocycles. The fourth-order valence-electron chi connectivity index (χ4n) is 2.74. The van der Waals surface area contributed by atoms with E-state index in [0.29, 0.717) is 18.8 Å². The van der Waals surface area contributed by atoms with Crippen LogP contribution in [0.5, 0.6) is 5.75 Å². The van der Waals surface area contributed by atoms with Crippen molar-refractivity contribution in [2.24, 2.45) is 5.92 Å². The van der Waals surface area contributed by atoms with Crippen molar-refractivity contribution in [3.05, 3.63) is 24.0 Å². The van der Waals surface area contributed by atoms with E-state index in [0.717, 1.165) is 12.8 Å². The standard InChI is InChI=1S/C17H25FN2O4/c1-12-3-4-13(11-21)10-20(12)17(22)19-14-5-6-16(15(18)9-14)24-8-7-23-2/h5-6,9,12-13,21H,3-4,7-8,10-11H2,1-2H3,(H,19,22). The number of hydrogen-bond acceptors (Lipinski definition) is 4. The van der Waals surface area contributed by atoms with Gasteiger partial charge in [-0.2, -0.15) is 0 Å². The third-order valence-electron chi connectivity index (χ3n) is 4.23. The van der Waals surface area contributed by atoms with Crippen molar-refractivity contribution >= 4 is 11.7 Å². The molecule has 134 valence electrons. The van der Waals surface area contributed by atoms with E-state index in [1.807, 2.05) is 6.92 Å². The summed E-state index contributed by atoms with van der Waals surface area (Å²) in [7, 11) is 1.54. The molecule has 1 aromatic rings. The molecule has 0 aromatic heterocycles. The quantitative estimate of drug-likeness (QED) is 0.781. The summed E-state index contributed by atoms with van der Waals surface area (Å²) in [6.45, 7) is 3.17. The molecular formula is C17H25FN2O4. The molecule has 6 nitrogen and oxygen atoms in total. The number of nitrogens with zero attached hydrogens (tertiary/aromatic N) is 1. The fourth-order valence-corrected chi connectivity index (χ4v) is 2.74. The highest BCUT2D eigenvalue weighted by molar-refractivity contribution is 5.89. The van der Waals surface area contributed by atoms with E-state index in [-0.39, 0.29) is 37.0 Å². The summed E-state index contributed by atoms with van der Waals surface area (Å²) >= 11 is 0. The largest absolute Gasteiger partial charge is 0.488 e. The van der Waals surface area contributed by atoms with Gasteiger partial charge in [0.1, 0.15) is 6.61 Å². The predicted octanol–water partition coefficient (Wildman–Crippen LogP) is 2.48. The molecule has 7 heteroatoms. The van der Waals surface area contributed by atoms with Crippen molar-refractivity contribution in [2.45, 2.75) is 25.8 Å². The first-order valence-electron chi connectivity index (χ1n) is 8.15. The molecule has 0 radical (unpaired) electrons. The van der Waals surface area contributed by atoms with E-state index in [2.05, 4.69) is 5.32 Å². The minimum absolute atomic E-state index is 0.0681. The first-order valence-corrected chi connectivity index (χ1v) is 8.15. The van der Waals surface area contributed by atoms with Crippen LogP contribution < -0.4 is 10.1 Å². The molecule has 2 unspecified atom stereocenters. The number of likely N-dealkylation sites (tertiary alicyclic amines) is 1. The molecule has 0 bridgehead atoms. The second kappa shape index (κ2) is 8.84. The highest BCUT2D eigenvalue weighted by atomic mass is 19.1. The molecule has 24 heavy (non-hydrogen) atoms. The van der Waals surface area contributed by atoms with Crippen LogP contribution >= 0.6 is 0 Å². The number of nitrogens with one attached hydrogen (secondary N) is 1. The lowest BCUT2D eigenvalue weighted by Gasteiger charge is -2.37. The molecule has 1 aliphatic heterocycles. The van der Waals surface area contributed by atoms with E-state index in [9.17, 15) is 14.3 Å². The average Bonchev–Trinajstić information content (AvgIpc) is 2.57. The third-order valence-corrected chi connectivity index (χ3v) is 4.23. The second-order valence-electron chi connectivity index (χ2n) is 6.04. The molecule has 0 spiro atoms. The van der Waals surface area contributed by atoms with Crippen LogP contribution in [-0.2, 0) is 4.74 Å². The van der Waals surface area contributed by atoms with Crippen LogP contribution in [0.4, 0.5) is 14.9 Å². The maximum absolute atomic E-state index is 14.0. The van der Waals surface area contributed by atoms with Crippen LogP contribution in [0, 0.1) is 11.7 Å². The highest BCUT2D eigenvalue weighted by Gasteiger charge is 2.28. The number of rotatable bonds is 6. The van der Waals surface area contributed by atoms with Crippen molar-refractivity contribution in [2.75, 3.05) is 38.8 Å². The molecule has 0 aliphatic carbocycles.